The quantitative estimate of drug-likeness (QED) is 0.384. The van der Waals surface area contributed by atoms with Crippen LogP contribution in [0.1, 0.15) is 5.56 Å². The topological polar surface area (TPSA) is 91.2 Å². The van der Waals surface area contributed by atoms with Gasteiger partial charge in [0.1, 0.15) is 5.82 Å². The molecule has 0 spiro atoms. The maximum absolute atomic E-state index is 13.1. The number of benzene rings is 2. The number of hydrogen-bond donors (Lipinski definition) is 2. The van der Waals surface area contributed by atoms with E-state index in [0.29, 0.717) is 62.2 Å². The van der Waals surface area contributed by atoms with Gasteiger partial charge in [0.15, 0.2) is 17.0 Å². The molecule has 1 aliphatic rings. The van der Waals surface area contributed by atoms with Gasteiger partial charge in [-0.3, -0.25) is 0 Å². The Labute approximate surface area is 208 Å². The Morgan fingerprint density at radius 2 is 1.78 bits per heavy atom. The fourth-order valence-corrected chi connectivity index (χ4v) is 4.11. The maximum Gasteiger partial charge on any atom is 0.321 e. The van der Waals surface area contributed by atoms with Crippen LogP contribution in [0.2, 0.25) is 0 Å². The van der Waals surface area contributed by atoms with E-state index in [0.717, 1.165) is 11.2 Å². The van der Waals surface area contributed by atoms with Crippen LogP contribution in [0.4, 0.5) is 26.6 Å². The van der Waals surface area contributed by atoms with Crippen molar-refractivity contribution in [2.24, 2.45) is 0 Å². The summed E-state index contributed by atoms with van der Waals surface area (Å²) in [6.07, 6.45) is 3.56. The number of imidazole rings is 1. The third-order valence-corrected chi connectivity index (χ3v) is 6.01. The van der Waals surface area contributed by atoms with Crippen molar-refractivity contribution in [3.8, 4) is 0 Å². The minimum atomic E-state index is -0.342. The van der Waals surface area contributed by atoms with Crippen LogP contribution in [-0.2, 0) is 6.54 Å². The van der Waals surface area contributed by atoms with Crippen molar-refractivity contribution >= 4 is 34.6 Å². The largest absolute Gasteiger partial charge is 0.365 e. The predicted octanol–water partition coefficient (Wildman–Crippen LogP) is 3.97. The highest BCUT2D eigenvalue weighted by atomic mass is 19.1. The van der Waals surface area contributed by atoms with Crippen molar-refractivity contribution in [3.63, 3.8) is 0 Å². The first kappa shape index (κ1) is 23.3. The van der Waals surface area contributed by atoms with E-state index in [4.69, 9.17) is 9.97 Å². The van der Waals surface area contributed by atoms with Crippen molar-refractivity contribution in [1.82, 2.24) is 24.4 Å². The van der Waals surface area contributed by atoms with Crippen molar-refractivity contribution in [2.45, 2.75) is 6.54 Å². The van der Waals surface area contributed by atoms with Crippen LogP contribution in [0, 0.1) is 5.82 Å². The van der Waals surface area contributed by atoms with Crippen molar-refractivity contribution in [1.29, 1.82) is 0 Å². The highest BCUT2D eigenvalue weighted by Gasteiger charge is 2.24. The first-order valence-electron chi connectivity index (χ1n) is 11.8. The normalized spacial score (nSPS) is 13.6. The average molecular weight is 487 g/mol. The molecule has 1 saturated heterocycles. The minimum Gasteiger partial charge on any atom is -0.365 e. The van der Waals surface area contributed by atoms with E-state index >= 15 is 0 Å². The van der Waals surface area contributed by atoms with E-state index < -0.39 is 0 Å². The first-order chi connectivity index (χ1) is 17.6. The molecule has 3 heterocycles. The molecule has 2 aromatic carbocycles. The number of amides is 2. The lowest BCUT2D eigenvalue weighted by Gasteiger charge is -2.34. The second kappa shape index (κ2) is 10.4. The summed E-state index contributed by atoms with van der Waals surface area (Å²) in [5, 5.41) is 6.10. The molecule has 0 unspecified atom stereocenters. The molecular weight excluding hydrogens is 459 g/mol. The summed E-state index contributed by atoms with van der Waals surface area (Å²) in [5.74, 6) is 0.895. The lowest BCUT2D eigenvalue weighted by atomic mass is 10.2. The molecule has 0 atom stereocenters. The third kappa shape index (κ3) is 5.12. The molecule has 0 aliphatic carbocycles. The van der Waals surface area contributed by atoms with Crippen molar-refractivity contribution in [3.05, 3.63) is 85.0 Å². The lowest BCUT2D eigenvalue weighted by molar-refractivity contribution is 0.208. The van der Waals surface area contributed by atoms with Gasteiger partial charge in [0.2, 0.25) is 5.95 Å². The summed E-state index contributed by atoms with van der Waals surface area (Å²) in [7, 11) is 0. The Balaban J connectivity index is 1.33. The Morgan fingerprint density at radius 1 is 1.03 bits per heavy atom. The fraction of sp³-hybridized carbons (Fsp3) is 0.231. The molecule has 0 saturated carbocycles. The number of hydrogen-bond acceptors (Lipinski definition) is 6. The number of piperazine rings is 1. The van der Waals surface area contributed by atoms with E-state index in [2.05, 4.69) is 39.2 Å². The second-order valence-electron chi connectivity index (χ2n) is 8.48. The van der Waals surface area contributed by atoms with Crippen LogP contribution in [0.25, 0.3) is 11.2 Å². The minimum absolute atomic E-state index is 0.216. The molecule has 5 rings (SSSR count). The van der Waals surface area contributed by atoms with Crippen LogP contribution in [0.5, 0.6) is 0 Å². The molecule has 2 amide bonds. The average Bonchev–Trinajstić information content (AvgIpc) is 3.32. The van der Waals surface area contributed by atoms with Crippen molar-refractivity contribution in [2.75, 3.05) is 48.3 Å². The lowest BCUT2D eigenvalue weighted by Crippen LogP contribution is -2.50. The van der Waals surface area contributed by atoms with E-state index in [9.17, 15) is 9.18 Å². The van der Waals surface area contributed by atoms with Gasteiger partial charge >= 0.3 is 6.03 Å². The fourth-order valence-electron chi connectivity index (χ4n) is 4.11. The summed E-state index contributed by atoms with van der Waals surface area (Å²) < 4.78 is 15.2. The summed E-state index contributed by atoms with van der Waals surface area (Å²) >= 11 is 0. The number of carbonyl (C=O) groups is 1. The highest BCUT2D eigenvalue weighted by Crippen LogP contribution is 2.24. The number of carbonyl (C=O) groups excluding carboxylic acids is 1. The number of rotatable bonds is 7. The van der Waals surface area contributed by atoms with E-state index in [1.807, 2.05) is 22.8 Å². The molecule has 184 valence electrons. The summed E-state index contributed by atoms with van der Waals surface area (Å²) in [5.41, 5.74) is 3.15. The number of nitrogens with zero attached hydrogens (tertiary/aromatic N) is 6. The summed E-state index contributed by atoms with van der Waals surface area (Å²) in [6, 6.07) is 15.7. The highest BCUT2D eigenvalue weighted by molar-refractivity contribution is 5.89. The Kier molecular flexibility index (Phi) is 6.74. The molecular formula is C26H27FN8O. The summed E-state index contributed by atoms with van der Waals surface area (Å²) in [4.78, 5) is 30.7. The van der Waals surface area contributed by atoms with Crippen LogP contribution in [-0.4, -0.2) is 63.2 Å². The monoisotopic (exact) mass is 486 g/mol. The van der Waals surface area contributed by atoms with Gasteiger partial charge < -0.3 is 25.0 Å². The standard InChI is InChI=1S/C26H27FN8O/c1-2-12-28-23-22-24(35(18-29-22)17-19-6-4-3-5-7-19)32-25(31-23)33-13-15-34(16-14-33)26(36)30-21-10-8-20(27)9-11-21/h2-11,18H,1,12-17H2,(H,30,36)(H,28,31,32). The van der Waals surface area contributed by atoms with E-state index in [-0.39, 0.29) is 11.8 Å². The van der Waals surface area contributed by atoms with Crippen LogP contribution in [0.15, 0.2) is 73.6 Å². The zero-order chi connectivity index (χ0) is 24.9. The Morgan fingerprint density at radius 3 is 2.50 bits per heavy atom. The molecule has 4 aromatic rings. The molecule has 2 aromatic heterocycles. The zero-order valence-corrected chi connectivity index (χ0v) is 19.8. The number of nitrogens with one attached hydrogen (secondary N) is 2. The number of fused-ring (bicyclic) bond motifs is 1. The van der Waals surface area contributed by atoms with Gasteiger partial charge in [0.05, 0.1) is 12.9 Å². The number of urea groups is 1. The molecule has 9 nitrogen and oxygen atoms in total. The Bertz CT molecular complexity index is 1350. The number of halogens is 1. The van der Waals surface area contributed by atoms with Gasteiger partial charge in [-0.05, 0) is 29.8 Å². The van der Waals surface area contributed by atoms with Gasteiger partial charge in [-0.2, -0.15) is 9.97 Å². The molecule has 0 radical (unpaired) electrons. The SMILES string of the molecule is C=CCNc1nc(N2CCN(C(=O)Nc3ccc(F)cc3)CC2)nc2c1ncn2Cc1ccccc1. The van der Waals surface area contributed by atoms with Gasteiger partial charge in [0.25, 0.3) is 0 Å². The van der Waals surface area contributed by atoms with Gasteiger partial charge in [0, 0.05) is 38.4 Å². The second-order valence-corrected chi connectivity index (χ2v) is 8.48. The zero-order valence-electron chi connectivity index (χ0n) is 19.8. The molecule has 10 heteroatoms. The predicted molar refractivity (Wildman–Crippen MR) is 139 cm³/mol. The third-order valence-electron chi connectivity index (χ3n) is 6.01. The van der Waals surface area contributed by atoms with Crippen LogP contribution >= 0.6 is 0 Å². The van der Waals surface area contributed by atoms with E-state index in [1.54, 1.807) is 29.4 Å². The maximum atomic E-state index is 13.1. The number of aromatic nitrogens is 4. The smallest absolute Gasteiger partial charge is 0.321 e. The van der Waals surface area contributed by atoms with Gasteiger partial charge in [-0.25, -0.2) is 14.2 Å². The number of anilines is 3. The molecule has 1 aliphatic heterocycles. The van der Waals surface area contributed by atoms with Crippen LogP contribution in [0.3, 0.4) is 0 Å². The van der Waals surface area contributed by atoms with Crippen molar-refractivity contribution < 1.29 is 9.18 Å². The van der Waals surface area contributed by atoms with E-state index in [1.165, 1.54) is 12.1 Å². The van der Waals surface area contributed by atoms with Crippen LogP contribution < -0.4 is 15.5 Å². The Hall–Kier alpha value is -4.47. The summed E-state index contributed by atoms with van der Waals surface area (Å²) in [6.45, 7) is 7.15. The van der Waals surface area contributed by atoms with Gasteiger partial charge in [-0.1, -0.05) is 36.4 Å². The first-order valence-corrected chi connectivity index (χ1v) is 11.8. The molecule has 2 N–H and O–H groups in total. The van der Waals surface area contributed by atoms with Gasteiger partial charge in [-0.15, -0.1) is 6.58 Å². The molecule has 36 heavy (non-hydrogen) atoms. The molecule has 0 bridgehead atoms. The molecule has 1 fully saturated rings.